The maximum absolute atomic E-state index is 11.8. The standard InChI is InChI=1S/C13H11ClO3S/c14-12-7-4-8-13(9-12)17-18(15,16)10-11-5-2-1-3-6-11/h1-9H,10H2. The minimum atomic E-state index is -3.66. The maximum Gasteiger partial charge on any atom is 0.313 e. The number of hydrogen-bond acceptors (Lipinski definition) is 3. The van der Waals surface area contributed by atoms with Crippen molar-refractivity contribution in [3.63, 3.8) is 0 Å². The van der Waals surface area contributed by atoms with Crippen molar-refractivity contribution in [2.75, 3.05) is 0 Å². The molecule has 0 saturated carbocycles. The molecule has 18 heavy (non-hydrogen) atoms. The second-order valence-electron chi connectivity index (χ2n) is 3.73. The Morgan fingerprint density at radius 1 is 1.00 bits per heavy atom. The molecule has 0 heterocycles. The highest BCUT2D eigenvalue weighted by Gasteiger charge is 2.13. The second-order valence-corrected chi connectivity index (χ2v) is 5.74. The summed E-state index contributed by atoms with van der Waals surface area (Å²) < 4.78 is 28.6. The zero-order valence-electron chi connectivity index (χ0n) is 9.41. The Labute approximate surface area is 111 Å². The molecule has 5 heteroatoms. The minimum Gasteiger partial charge on any atom is -0.382 e. The molecule has 0 fully saturated rings. The average Bonchev–Trinajstić information content (AvgIpc) is 2.28. The molecule has 0 radical (unpaired) electrons. The molecule has 0 saturated heterocycles. The fraction of sp³-hybridized carbons (Fsp3) is 0.0769. The van der Waals surface area contributed by atoms with Gasteiger partial charge in [0.2, 0.25) is 0 Å². The number of halogens is 1. The van der Waals surface area contributed by atoms with Gasteiger partial charge in [-0.1, -0.05) is 48.0 Å². The second kappa shape index (κ2) is 5.42. The lowest BCUT2D eigenvalue weighted by atomic mass is 10.2. The summed E-state index contributed by atoms with van der Waals surface area (Å²) in [7, 11) is -3.66. The molecule has 0 spiro atoms. The highest BCUT2D eigenvalue weighted by molar-refractivity contribution is 7.86. The van der Waals surface area contributed by atoms with Crippen LogP contribution in [0.2, 0.25) is 5.02 Å². The maximum atomic E-state index is 11.8. The first-order valence-electron chi connectivity index (χ1n) is 5.27. The van der Waals surface area contributed by atoms with Crippen LogP contribution in [0.4, 0.5) is 0 Å². The largest absolute Gasteiger partial charge is 0.382 e. The van der Waals surface area contributed by atoms with E-state index in [4.69, 9.17) is 15.8 Å². The first-order chi connectivity index (χ1) is 8.55. The van der Waals surface area contributed by atoms with Crippen molar-refractivity contribution in [3.8, 4) is 5.75 Å². The zero-order chi connectivity index (χ0) is 13.0. The predicted octanol–water partition coefficient (Wildman–Crippen LogP) is 3.25. The van der Waals surface area contributed by atoms with Crippen LogP contribution in [-0.4, -0.2) is 8.42 Å². The summed E-state index contributed by atoms with van der Waals surface area (Å²) in [6, 6.07) is 15.2. The Bertz CT molecular complexity index is 624. The van der Waals surface area contributed by atoms with Crippen LogP contribution in [0.5, 0.6) is 5.75 Å². The van der Waals surface area contributed by atoms with Crippen molar-refractivity contribution >= 4 is 21.7 Å². The van der Waals surface area contributed by atoms with E-state index in [1.54, 1.807) is 42.5 Å². The van der Waals surface area contributed by atoms with Crippen molar-refractivity contribution < 1.29 is 12.6 Å². The normalized spacial score (nSPS) is 11.2. The molecule has 3 nitrogen and oxygen atoms in total. The van der Waals surface area contributed by atoms with Gasteiger partial charge in [-0.25, -0.2) is 0 Å². The van der Waals surface area contributed by atoms with Crippen molar-refractivity contribution in [1.29, 1.82) is 0 Å². The number of hydrogen-bond donors (Lipinski definition) is 0. The van der Waals surface area contributed by atoms with Gasteiger partial charge in [0.05, 0.1) is 0 Å². The summed E-state index contributed by atoms with van der Waals surface area (Å²) in [5.41, 5.74) is 0.680. The van der Waals surface area contributed by atoms with Gasteiger partial charge in [0.1, 0.15) is 11.5 Å². The molecule has 2 aromatic rings. The Kier molecular flexibility index (Phi) is 3.89. The molecule has 2 aromatic carbocycles. The van der Waals surface area contributed by atoms with Crippen LogP contribution in [0.1, 0.15) is 5.56 Å². The van der Waals surface area contributed by atoms with E-state index >= 15 is 0 Å². The molecular formula is C13H11ClO3S. The molecule has 0 aliphatic rings. The molecule has 2 rings (SSSR count). The fourth-order valence-electron chi connectivity index (χ4n) is 1.47. The van der Waals surface area contributed by atoms with Crippen molar-refractivity contribution in [3.05, 3.63) is 65.2 Å². The SMILES string of the molecule is O=S(=O)(Cc1ccccc1)Oc1cccc(Cl)c1. The van der Waals surface area contributed by atoms with E-state index in [-0.39, 0.29) is 11.5 Å². The summed E-state index contributed by atoms with van der Waals surface area (Å²) in [6.07, 6.45) is 0. The lowest BCUT2D eigenvalue weighted by molar-refractivity contribution is 0.485. The van der Waals surface area contributed by atoms with E-state index in [2.05, 4.69) is 0 Å². The van der Waals surface area contributed by atoms with Gasteiger partial charge in [0.25, 0.3) is 0 Å². The summed E-state index contributed by atoms with van der Waals surface area (Å²) in [6.45, 7) is 0. The fourth-order valence-corrected chi connectivity index (χ4v) is 2.71. The van der Waals surface area contributed by atoms with E-state index in [0.717, 1.165) is 0 Å². The molecule has 0 aliphatic heterocycles. The Morgan fingerprint density at radius 2 is 1.72 bits per heavy atom. The van der Waals surface area contributed by atoms with E-state index < -0.39 is 10.1 Å². The van der Waals surface area contributed by atoms with Crippen molar-refractivity contribution in [2.45, 2.75) is 5.75 Å². The number of rotatable bonds is 4. The highest BCUT2D eigenvalue weighted by Crippen LogP contribution is 2.20. The average molecular weight is 283 g/mol. The van der Waals surface area contributed by atoms with E-state index in [1.165, 1.54) is 6.07 Å². The van der Waals surface area contributed by atoms with Gasteiger partial charge in [-0.05, 0) is 17.7 Å². The zero-order valence-corrected chi connectivity index (χ0v) is 11.0. The molecule has 0 amide bonds. The molecule has 94 valence electrons. The van der Waals surface area contributed by atoms with Crippen LogP contribution in [0.3, 0.4) is 0 Å². The molecule has 0 N–H and O–H groups in total. The summed E-state index contributed by atoms with van der Waals surface area (Å²) in [5.74, 6) is 0.0545. The Balaban J connectivity index is 2.13. The molecule has 0 bridgehead atoms. The summed E-state index contributed by atoms with van der Waals surface area (Å²) in [5, 5.41) is 0.433. The van der Waals surface area contributed by atoms with Gasteiger partial charge in [-0.15, -0.1) is 0 Å². The van der Waals surface area contributed by atoms with Crippen LogP contribution < -0.4 is 4.18 Å². The van der Waals surface area contributed by atoms with E-state index in [0.29, 0.717) is 10.6 Å². The smallest absolute Gasteiger partial charge is 0.313 e. The van der Waals surface area contributed by atoms with Gasteiger partial charge < -0.3 is 4.18 Å². The van der Waals surface area contributed by atoms with Crippen LogP contribution in [0.25, 0.3) is 0 Å². The predicted molar refractivity (Wildman–Crippen MR) is 71.1 cm³/mol. The molecule has 0 atom stereocenters. The van der Waals surface area contributed by atoms with Gasteiger partial charge in [-0.2, -0.15) is 8.42 Å². The summed E-state index contributed by atoms with van der Waals surface area (Å²) >= 11 is 5.76. The van der Waals surface area contributed by atoms with Gasteiger partial charge in [0, 0.05) is 11.1 Å². The van der Waals surface area contributed by atoms with Crippen LogP contribution >= 0.6 is 11.6 Å². The van der Waals surface area contributed by atoms with Gasteiger partial charge >= 0.3 is 10.1 Å². The Hall–Kier alpha value is -1.52. The Morgan fingerprint density at radius 3 is 2.39 bits per heavy atom. The molecule has 0 aliphatic carbocycles. The van der Waals surface area contributed by atoms with Crippen LogP contribution in [0, 0.1) is 0 Å². The monoisotopic (exact) mass is 282 g/mol. The van der Waals surface area contributed by atoms with Crippen molar-refractivity contribution in [1.82, 2.24) is 0 Å². The molecule has 0 unspecified atom stereocenters. The molecule has 0 aromatic heterocycles. The van der Waals surface area contributed by atoms with Crippen LogP contribution in [0.15, 0.2) is 54.6 Å². The minimum absolute atomic E-state index is 0.166. The van der Waals surface area contributed by atoms with Gasteiger partial charge in [-0.3, -0.25) is 0 Å². The van der Waals surface area contributed by atoms with E-state index in [1.807, 2.05) is 6.07 Å². The third-order valence-electron chi connectivity index (χ3n) is 2.21. The third kappa shape index (κ3) is 3.75. The quantitative estimate of drug-likeness (QED) is 0.809. The molecular weight excluding hydrogens is 272 g/mol. The highest BCUT2D eigenvalue weighted by atomic mass is 35.5. The first-order valence-corrected chi connectivity index (χ1v) is 7.22. The topological polar surface area (TPSA) is 43.4 Å². The summed E-state index contributed by atoms with van der Waals surface area (Å²) in [4.78, 5) is 0. The number of benzene rings is 2. The van der Waals surface area contributed by atoms with Gasteiger partial charge in [0.15, 0.2) is 0 Å². The van der Waals surface area contributed by atoms with E-state index in [9.17, 15) is 8.42 Å². The lowest BCUT2D eigenvalue weighted by Gasteiger charge is -2.07. The lowest BCUT2D eigenvalue weighted by Crippen LogP contribution is -2.11. The third-order valence-corrected chi connectivity index (χ3v) is 3.57. The van der Waals surface area contributed by atoms with Crippen molar-refractivity contribution in [2.24, 2.45) is 0 Å². The first kappa shape index (κ1) is 12.9. The van der Waals surface area contributed by atoms with Crippen LogP contribution in [-0.2, 0) is 15.9 Å².